The molecule has 16 heavy (non-hydrogen) atoms. The molecular weight excluding hydrogens is 226 g/mol. The van der Waals surface area contributed by atoms with Crippen LogP contribution in [-0.2, 0) is 10.2 Å². The number of hydrogen-bond acceptors (Lipinski definition) is 3. The molecule has 94 valence electrons. The van der Waals surface area contributed by atoms with Crippen LogP contribution in [0.2, 0.25) is 0 Å². The average molecular weight is 247 g/mol. The van der Waals surface area contributed by atoms with Gasteiger partial charge in [0.2, 0.25) is 0 Å². The van der Waals surface area contributed by atoms with Crippen molar-refractivity contribution in [1.82, 2.24) is 14.3 Å². The number of piperidine rings is 1. The third-order valence-electron chi connectivity index (χ3n) is 3.27. The standard InChI is InChI=1S/C10H21N3O2S/c1-8-3-9(2)7-13(6-8)16(14,15)12-10-4-11-5-10/h8-12H,3-7H2,1-2H3. The Hall–Kier alpha value is -0.170. The molecule has 0 bridgehead atoms. The second-order valence-electron chi connectivity index (χ2n) is 5.24. The van der Waals surface area contributed by atoms with E-state index in [0.717, 1.165) is 19.5 Å². The van der Waals surface area contributed by atoms with Gasteiger partial charge >= 0.3 is 0 Å². The Balaban J connectivity index is 1.98. The summed E-state index contributed by atoms with van der Waals surface area (Å²) in [5, 5.41) is 3.06. The van der Waals surface area contributed by atoms with Crippen molar-refractivity contribution >= 4 is 10.2 Å². The molecule has 0 radical (unpaired) electrons. The average Bonchev–Trinajstić information content (AvgIpc) is 2.10. The molecular formula is C10H21N3O2S. The van der Waals surface area contributed by atoms with Crippen molar-refractivity contribution in [3.63, 3.8) is 0 Å². The lowest BCUT2D eigenvalue weighted by molar-refractivity contribution is 0.218. The van der Waals surface area contributed by atoms with Gasteiger partial charge in [0.1, 0.15) is 0 Å². The van der Waals surface area contributed by atoms with Gasteiger partial charge in [-0.25, -0.2) is 0 Å². The molecule has 2 fully saturated rings. The first-order chi connectivity index (χ1) is 7.47. The van der Waals surface area contributed by atoms with Gasteiger partial charge in [-0.3, -0.25) is 0 Å². The van der Waals surface area contributed by atoms with Gasteiger partial charge < -0.3 is 5.32 Å². The zero-order chi connectivity index (χ0) is 11.8. The summed E-state index contributed by atoms with van der Waals surface area (Å²) >= 11 is 0. The molecule has 2 aliphatic rings. The Morgan fingerprint density at radius 1 is 1.19 bits per heavy atom. The van der Waals surface area contributed by atoms with Crippen molar-refractivity contribution < 1.29 is 8.42 Å². The van der Waals surface area contributed by atoms with Gasteiger partial charge in [-0.2, -0.15) is 17.4 Å². The van der Waals surface area contributed by atoms with Crippen LogP contribution >= 0.6 is 0 Å². The molecule has 2 heterocycles. The summed E-state index contributed by atoms with van der Waals surface area (Å²) in [6.07, 6.45) is 1.12. The maximum atomic E-state index is 12.1. The first-order valence-corrected chi connectivity index (χ1v) is 7.39. The van der Waals surface area contributed by atoms with E-state index in [2.05, 4.69) is 23.9 Å². The Kier molecular flexibility index (Phi) is 3.53. The van der Waals surface area contributed by atoms with Crippen molar-refractivity contribution in [1.29, 1.82) is 0 Å². The summed E-state index contributed by atoms with van der Waals surface area (Å²) in [5.41, 5.74) is 0. The quantitative estimate of drug-likeness (QED) is 0.724. The lowest BCUT2D eigenvalue weighted by Crippen LogP contribution is -2.60. The van der Waals surface area contributed by atoms with Gasteiger partial charge in [-0.1, -0.05) is 13.8 Å². The molecule has 0 saturated carbocycles. The van der Waals surface area contributed by atoms with Crippen LogP contribution in [0, 0.1) is 11.8 Å². The highest BCUT2D eigenvalue weighted by Crippen LogP contribution is 2.22. The van der Waals surface area contributed by atoms with E-state index in [4.69, 9.17) is 0 Å². The summed E-state index contributed by atoms with van der Waals surface area (Å²) in [6.45, 7) is 7.03. The number of nitrogens with one attached hydrogen (secondary N) is 2. The SMILES string of the molecule is CC1CC(C)CN(S(=O)(=O)NC2CNC2)C1. The molecule has 2 aliphatic heterocycles. The molecule has 2 N–H and O–H groups in total. The predicted octanol–water partition coefficient (Wildman–Crippen LogP) is -0.229. The third kappa shape index (κ3) is 2.74. The van der Waals surface area contributed by atoms with Crippen LogP contribution in [0.4, 0.5) is 0 Å². The highest BCUT2D eigenvalue weighted by atomic mass is 32.2. The molecule has 2 saturated heterocycles. The second kappa shape index (κ2) is 4.60. The van der Waals surface area contributed by atoms with Gasteiger partial charge in [0, 0.05) is 32.2 Å². The normalized spacial score (nSPS) is 33.6. The molecule has 0 aliphatic carbocycles. The van der Waals surface area contributed by atoms with Crippen LogP contribution in [0.25, 0.3) is 0 Å². The summed E-state index contributed by atoms with van der Waals surface area (Å²) in [4.78, 5) is 0. The molecule has 2 rings (SSSR count). The molecule has 0 spiro atoms. The van der Waals surface area contributed by atoms with Crippen molar-refractivity contribution in [3.05, 3.63) is 0 Å². The minimum absolute atomic E-state index is 0.0811. The molecule has 6 heteroatoms. The van der Waals surface area contributed by atoms with E-state index >= 15 is 0 Å². The topological polar surface area (TPSA) is 61.4 Å². The molecule has 0 aromatic carbocycles. The first-order valence-electron chi connectivity index (χ1n) is 5.95. The fourth-order valence-corrected chi connectivity index (χ4v) is 4.10. The summed E-state index contributed by atoms with van der Waals surface area (Å²) in [5.74, 6) is 0.916. The maximum absolute atomic E-state index is 12.1. The summed E-state index contributed by atoms with van der Waals surface area (Å²) in [7, 11) is -3.27. The smallest absolute Gasteiger partial charge is 0.279 e. The van der Waals surface area contributed by atoms with E-state index in [-0.39, 0.29) is 6.04 Å². The lowest BCUT2D eigenvalue weighted by atomic mass is 9.94. The number of nitrogens with zero attached hydrogens (tertiary/aromatic N) is 1. The summed E-state index contributed by atoms with van der Waals surface area (Å²) in [6, 6.07) is 0.0811. The van der Waals surface area contributed by atoms with Gasteiger partial charge in [0.25, 0.3) is 10.2 Å². The number of rotatable bonds is 3. The Morgan fingerprint density at radius 2 is 1.75 bits per heavy atom. The Morgan fingerprint density at radius 3 is 2.19 bits per heavy atom. The lowest BCUT2D eigenvalue weighted by Gasteiger charge is -2.36. The highest BCUT2D eigenvalue weighted by Gasteiger charge is 2.32. The molecule has 5 nitrogen and oxygen atoms in total. The third-order valence-corrected chi connectivity index (χ3v) is 4.88. The highest BCUT2D eigenvalue weighted by molar-refractivity contribution is 7.87. The van der Waals surface area contributed by atoms with Crippen molar-refractivity contribution in [2.24, 2.45) is 11.8 Å². The fraction of sp³-hybridized carbons (Fsp3) is 1.00. The Labute approximate surface area is 97.8 Å². The molecule has 0 aromatic rings. The van der Waals surface area contributed by atoms with E-state index in [1.165, 1.54) is 0 Å². The summed E-state index contributed by atoms with van der Waals surface area (Å²) < 4.78 is 28.5. The minimum Gasteiger partial charge on any atom is -0.313 e. The predicted molar refractivity (Wildman–Crippen MR) is 63.2 cm³/mol. The van der Waals surface area contributed by atoms with Crippen LogP contribution in [0.1, 0.15) is 20.3 Å². The van der Waals surface area contributed by atoms with E-state index in [1.807, 2.05) is 0 Å². The monoisotopic (exact) mass is 247 g/mol. The molecule has 0 aromatic heterocycles. The number of hydrogen-bond donors (Lipinski definition) is 2. The van der Waals surface area contributed by atoms with Crippen LogP contribution in [0.15, 0.2) is 0 Å². The fourth-order valence-electron chi connectivity index (χ4n) is 2.46. The van der Waals surface area contributed by atoms with Crippen molar-refractivity contribution in [2.45, 2.75) is 26.3 Å². The molecule has 2 atom stereocenters. The van der Waals surface area contributed by atoms with E-state index in [1.54, 1.807) is 4.31 Å². The van der Waals surface area contributed by atoms with Crippen LogP contribution in [0.3, 0.4) is 0 Å². The zero-order valence-corrected chi connectivity index (χ0v) is 10.8. The second-order valence-corrected chi connectivity index (χ2v) is 6.94. The van der Waals surface area contributed by atoms with E-state index in [0.29, 0.717) is 24.9 Å². The van der Waals surface area contributed by atoms with Crippen LogP contribution in [0.5, 0.6) is 0 Å². The van der Waals surface area contributed by atoms with Gasteiger partial charge in [0.15, 0.2) is 0 Å². The van der Waals surface area contributed by atoms with Crippen LogP contribution in [-0.4, -0.2) is 44.9 Å². The Bertz CT molecular complexity index is 330. The maximum Gasteiger partial charge on any atom is 0.279 e. The molecule has 0 amide bonds. The van der Waals surface area contributed by atoms with Gasteiger partial charge in [-0.05, 0) is 18.3 Å². The van der Waals surface area contributed by atoms with Crippen molar-refractivity contribution in [3.8, 4) is 0 Å². The van der Waals surface area contributed by atoms with Gasteiger partial charge in [-0.15, -0.1) is 0 Å². The zero-order valence-electron chi connectivity index (χ0n) is 9.94. The first kappa shape index (κ1) is 12.3. The van der Waals surface area contributed by atoms with E-state index < -0.39 is 10.2 Å². The molecule has 2 unspecified atom stereocenters. The minimum atomic E-state index is -3.27. The van der Waals surface area contributed by atoms with Gasteiger partial charge in [0.05, 0.1) is 0 Å². The van der Waals surface area contributed by atoms with Crippen LogP contribution < -0.4 is 10.0 Å². The van der Waals surface area contributed by atoms with E-state index in [9.17, 15) is 8.42 Å². The largest absolute Gasteiger partial charge is 0.313 e. The van der Waals surface area contributed by atoms with Crippen molar-refractivity contribution in [2.75, 3.05) is 26.2 Å².